The van der Waals surface area contributed by atoms with Crippen molar-refractivity contribution in [2.45, 2.75) is 93.7 Å². The monoisotopic (exact) mass is 1190 g/mol. The average molecular weight is 1200 g/mol. The SMILES string of the molecule is CC(COCCC(=O)NCCOCCOCCOCCCCOC[C@H]1OC[C@H](Nc2cncc(C(F)(F)F)n2)[C@@H](O)[C@H]1O)COCCC(=O)NCCOCCOCCOCCOC[C@H]1OC[C@H](Nc2cncc(C(F)(F)F)n2)[C@@H](O)[C@H]1O. The molecule has 0 spiro atoms. The number of rotatable bonds is 44. The first-order chi connectivity index (χ1) is 39.4. The minimum atomic E-state index is -4.69. The zero-order valence-electron chi connectivity index (χ0n) is 45.9. The highest BCUT2D eigenvalue weighted by Crippen LogP contribution is 2.29. The molecule has 4 heterocycles. The molecule has 0 aliphatic carbocycles. The summed E-state index contributed by atoms with van der Waals surface area (Å²) in [5.74, 6) is -0.719. The van der Waals surface area contributed by atoms with E-state index in [1.54, 1.807) is 0 Å². The lowest BCUT2D eigenvalue weighted by atomic mass is 9.98. The first kappa shape index (κ1) is 70.1. The number of ether oxygens (including phenoxy) is 12. The fourth-order valence-electron chi connectivity index (χ4n) is 7.49. The smallest absolute Gasteiger partial charge is 0.388 e. The Bertz CT molecular complexity index is 2040. The standard InChI is InChI=1S/C50H80F6N8O18/c1-34(29-79-11-5-44(66)60-7-13-73-16-19-75-20-21-76-22-23-80-33-38-48(70)46(68)36(31-82-38)62-42-27-58-25-40(64-42)50(54,55)56)28-78-10-4-43(65)59-6-12-72-15-18-74-17-14-71-8-2-3-9-77-32-37-47(69)45(67)35(30-81-37)61-41-26-57-24-39(63-41)49(51,52)53/h24-27,34-38,45-48,67-70H,2-23,28-33H2,1H3,(H,59,65)(H,60,66)(H,61,63)(H,62,64)/t34?,35-,36-,37+,38+,45+,46+,47-,48-/m0/s1. The van der Waals surface area contributed by atoms with Crippen molar-refractivity contribution in [3.63, 3.8) is 0 Å². The van der Waals surface area contributed by atoms with E-state index >= 15 is 0 Å². The fourth-order valence-corrected chi connectivity index (χ4v) is 7.49. The number of alkyl halides is 6. The number of nitrogens with zero attached hydrogens (tertiary/aromatic N) is 4. The molecule has 8 N–H and O–H groups in total. The second-order valence-corrected chi connectivity index (χ2v) is 18.8. The second kappa shape index (κ2) is 40.0. The van der Waals surface area contributed by atoms with Gasteiger partial charge in [-0.3, -0.25) is 19.6 Å². The van der Waals surface area contributed by atoms with Crippen LogP contribution in [0.25, 0.3) is 0 Å². The van der Waals surface area contributed by atoms with Crippen molar-refractivity contribution < 1.29 is 113 Å². The van der Waals surface area contributed by atoms with Crippen molar-refractivity contribution in [1.82, 2.24) is 30.6 Å². The Balaban J connectivity index is 0.811. The summed E-state index contributed by atoms with van der Waals surface area (Å²) in [6, 6.07) is -1.84. The molecule has 2 saturated heterocycles. The van der Waals surface area contributed by atoms with Gasteiger partial charge in [-0.15, -0.1) is 0 Å². The molecule has 9 atom stereocenters. The van der Waals surface area contributed by atoms with Crippen LogP contribution < -0.4 is 21.3 Å². The van der Waals surface area contributed by atoms with Crippen molar-refractivity contribution in [3.8, 4) is 0 Å². The molecule has 4 rings (SSSR count). The molecule has 32 heteroatoms. The summed E-state index contributed by atoms with van der Waals surface area (Å²) in [4.78, 5) is 38.2. The number of carbonyl (C=O) groups is 2. The number of carbonyl (C=O) groups excluding carboxylic acids is 2. The maximum atomic E-state index is 12.9. The predicted octanol–water partition coefficient (Wildman–Crippen LogP) is 0.402. The third kappa shape index (κ3) is 29.4. The minimum Gasteiger partial charge on any atom is -0.388 e. The molecule has 2 aromatic heterocycles. The summed E-state index contributed by atoms with van der Waals surface area (Å²) < 4.78 is 144. The van der Waals surface area contributed by atoms with Gasteiger partial charge in [0.05, 0.1) is 169 Å². The van der Waals surface area contributed by atoms with Gasteiger partial charge in [0.25, 0.3) is 0 Å². The Hall–Kier alpha value is -4.36. The van der Waals surface area contributed by atoms with Crippen molar-refractivity contribution in [1.29, 1.82) is 0 Å². The van der Waals surface area contributed by atoms with Gasteiger partial charge in [0, 0.05) is 45.1 Å². The number of amides is 2. The zero-order chi connectivity index (χ0) is 59.4. The van der Waals surface area contributed by atoms with Gasteiger partial charge in [0.1, 0.15) is 48.3 Å². The molecule has 2 aliphatic heterocycles. The Morgan fingerprint density at radius 3 is 1.27 bits per heavy atom. The molecule has 0 radical (unpaired) electrons. The molecule has 0 bridgehead atoms. The molecular weight excluding hydrogens is 1110 g/mol. The second-order valence-electron chi connectivity index (χ2n) is 18.8. The van der Waals surface area contributed by atoms with Crippen LogP contribution in [-0.2, 0) is 78.8 Å². The van der Waals surface area contributed by atoms with Crippen molar-refractivity contribution in [2.75, 3.05) is 169 Å². The first-order valence-electron chi connectivity index (χ1n) is 27.0. The minimum absolute atomic E-state index is 0.0139. The topological polar surface area (TPSA) is 325 Å². The van der Waals surface area contributed by atoms with Gasteiger partial charge in [-0.05, 0) is 12.8 Å². The van der Waals surface area contributed by atoms with E-state index in [0.717, 1.165) is 12.4 Å². The molecule has 1 unspecified atom stereocenters. The lowest BCUT2D eigenvalue weighted by Crippen LogP contribution is -2.57. The van der Waals surface area contributed by atoms with Gasteiger partial charge in [0.2, 0.25) is 11.8 Å². The van der Waals surface area contributed by atoms with Crippen LogP contribution in [0.2, 0.25) is 0 Å². The molecular formula is C50H80F6N8O18. The Kier molecular flexibility index (Phi) is 34.2. The molecule has 82 heavy (non-hydrogen) atoms. The summed E-state index contributed by atoms with van der Waals surface area (Å²) >= 11 is 0. The van der Waals surface area contributed by atoms with E-state index < -0.39 is 72.4 Å². The van der Waals surface area contributed by atoms with E-state index in [4.69, 9.17) is 56.8 Å². The normalized spacial score (nSPS) is 21.7. The number of aliphatic hydroxyl groups is 4. The third-order valence-corrected chi connectivity index (χ3v) is 11.9. The highest BCUT2D eigenvalue weighted by atomic mass is 19.4. The fraction of sp³-hybridized carbons (Fsp3) is 0.800. The highest BCUT2D eigenvalue weighted by molar-refractivity contribution is 5.76. The van der Waals surface area contributed by atoms with Gasteiger partial charge in [-0.1, -0.05) is 6.92 Å². The van der Waals surface area contributed by atoms with Crippen molar-refractivity contribution >= 4 is 23.5 Å². The predicted molar refractivity (Wildman–Crippen MR) is 274 cm³/mol. The maximum Gasteiger partial charge on any atom is 0.434 e. The van der Waals surface area contributed by atoms with Gasteiger partial charge in [-0.25, -0.2) is 9.97 Å². The van der Waals surface area contributed by atoms with Crippen LogP contribution in [0.5, 0.6) is 0 Å². The first-order valence-corrected chi connectivity index (χ1v) is 27.0. The van der Waals surface area contributed by atoms with E-state index in [0.29, 0.717) is 124 Å². The maximum absolute atomic E-state index is 12.9. The van der Waals surface area contributed by atoms with Crippen LogP contribution in [0.4, 0.5) is 38.0 Å². The van der Waals surface area contributed by atoms with Gasteiger partial charge >= 0.3 is 12.4 Å². The number of hydrogen-bond acceptors (Lipinski definition) is 24. The number of hydrogen-bond donors (Lipinski definition) is 8. The van der Waals surface area contributed by atoms with Gasteiger partial charge < -0.3 is 98.5 Å². The Morgan fingerprint density at radius 2 is 0.866 bits per heavy atom. The molecule has 470 valence electrons. The largest absolute Gasteiger partial charge is 0.434 e. The number of aromatic nitrogens is 4. The van der Waals surface area contributed by atoms with Crippen LogP contribution in [0, 0.1) is 5.92 Å². The van der Waals surface area contributed by atoms with E-state index in [-0.39, 0.29) is 102 Å². The van der Waals surface area contributed by atoms with E-state index in [1.165, 1.54) is 0 Å². The molecule has 2 aliphatic rings. The van der Waals surface area contributed by atoms with Crippen molar-refractivity contribution in [3.05, 3.63) is 36.2 Å². The lowest BCUT2D eigenvalue weighted by Gasteiger charge is -2.38. The van der Waals surface area contributed by atoms with E-state index in [9.17, 15) is 56.4 Å². The third-order valence-electron chi connectivity index (χ3n) is 11.9. The summed E-state index contributed by atoms with van der Waals surface area (Å²) in [5.41, 5.74) is -2.39. The zero-order valence-corrected chi connectivity index (χ0v) is 45.9. The number of halogens is 6. The van der Waals surface area contributed by atoms with Gasteiger partial charge in [0.15, 0.2) is 11.4 Å². The lowest BCUT2D eigenvalue weighted by molar-refractivity contribution is -0.161. The molecule has 26 nitrogen and oxygen atoms in total. The van der Waals surface area contributed by atoms with Crippen LogP contribution in [0.1, 0.15) is 44.0 Å². The molecule has 2 amide bonds. The van der Waals surface area contributed by atoms with Gasteiger partial charge in [-0.2, -0.15) is 26.3 Å². The number of nitrogens with one attached hydrogen (secondary N) is 4. The van der Waals surface area contributed by atoms with Crippen molar-refractivity contribution in [2.24, 2.45) is 5.92 Å². The molecule has 0 saturated carbocycles. The summed E-state index contributed by atoms with van der Waals surface area (Å²) in [6.45, 7) is 8.18. The molecule has 2 fully saturated rings. The summed E-state index contributed by atoms with van der Waals surface area (Å²) in [6.07, 6.45) is -11.4. The average Bonchev–Trinajstić information content (AvgIpc) is 3.47. The van der Waals surface area contributed by atoms with E-state index in [2.05, 4.69) is 41.2 Å². The van der Waals surface area contributed by atoms with Crippen LogP contribution in [0.3, 0.4) is 0 Å². The Labute approximate surface area is 471 Å². The van der Waals surface area contributed by atoms with Crippen LogP contribution in [0.15, 0.2) is 24.8 Å². The quantitative estimate of drug-likeness (QED) is 0.0329. The molecule has 2 aromatic rings. The Morgan fingerprint density at radius 1 is 0.512 bits per heavy atom. The van der Waals surface area contributed by atoms with Crippen LogP contribution in [-0.4, -0.2) is 259 Å². The number of unbranched alkanes of at least 4 members (excludes halogenated alkanes) is 1. The number of aliphatic hydroxyl groups excluding tert-OH is 4. The number of anilines is 2. The highest BCUT2D eigenvalue weighted by Gasteiger charge is 2.41. The van der Waals surface area contributed by atoms with E-state index in [1.807, 2.05) is 6.92 Å². The molecule has 0 aromatic carbocycles. The van der Waals surface area contributed by atoms with Crippen LogP contribution >= 0.6 is 0 Å². The summed E-state index contributed by atoms with van der Waals surface area (Å²) in [5, 5.41) is 52.6. The summed E-state index contributed by atoms with van der Waals surface area (Å²) in [7, 11) is 0.